The zero-order chi connectivity index (χ0) is 16.9. The molecule has 2 rings (SSSR count). The Morgan fingerprint density at radius 1 is 1.43 bits per heavy atom. The third-order valence-electron chi connectivity index (χ3n) is 3.95. The molecule has 0 radical (unpaired) electrons. The first-order chi connectivity index (χ1) is 10.9. The molecule has 1 saturated heterocycles. The van der Waals surface area contributed by atoms with E-state index in [9.17, 15) is 18.7 Å². The number of hydrogen-bond acceptors (Lipinski definition) is 4. The van der Waals surface area contributed by atoms with Gasteiger partial charge in [-0.25, -0.2) is 8.78 Å². The molecular weight excluding hydrogens is 306 g/mol. The van der Waals surface area contributed by atoms with E-state index in [0.29, 0.717) is 0 Å². The van der Waals surface area contributed by atoms with E-state index in [0.717, 1.165) is 37.9 Å². The Morgan fingerprint density at radius 3 is 2.87 bits per heavy atom. The van der Waals surface area contributed by atoms with E-state index < -0.39 is 23.3 Å². The third kappa shape index (κ3) is 4.87. The Labute approximate surface area is 134 Å². The van der Waals surface area contributed by atoms with Crippen LogP contribution >= 0.6 is 0 Å². The molecule has 1 amide bonds. The minimum Gasteiger partial charge on any atom is -0.491 e. The van der Waals surface area contributed by atoms with Gasteiger partial charge in [-0.2, -0.15) is 0 Å². The SMILES string of the molecule is CC1(C(=O)NCC(O)COc2ccc(F)c(F)c2)CCCCN1. The normalized spacial score (nSPS) is 22.4. The van der Waals surface area contributed by atoms with E-state index in [2.05, 4.69) is 10.6 Å². The van der Waals surface area contributed by atoms with E-state index in [1.165, 1.54) is 6.07 Å². The number of rotatable bonds is 6. The molecule has 1 aliphatic rings. The zero-order valence-electron chi connectivity index (χ0n) is 13.1. The van der Waals surface area contributed by atoms with E-state index in [-0.39, 0.29) is 24.8 Å². The maximum Gasteiger partial charge on any atom is 0.240 e. The van der Waals surface area contributed by atoms with Gasteiger partial charge in [0, 0.05) is 12.6 Å². The van der Waals surface area contributed by atoms with Crippen molar-refractivity contribution >= 4 is 5.91 Å². The average Bonchev–Trinajstić information content (AvgIpc) is 2.54. The van der Waals surface area contributed by atoms with Crippen LogP contribution in [0.2, 0.25) is 0 Å². The van der Waals surface area contributed by atoms with Gasteiger partial charge in [-0.1, -0.05) is 0 Å². The number of carbonyl (C=O) groups excluding carboxylic acids is 1. The minimum atomic E-state index is -1.01. The van der Waals surface area contributed by atoms with Crippen LogP contribution in [-0.4, -0.2) is 42.4 Å². The highest BCUT2D eigenvalue weighted by atomic mass is 19.2. The fraction of sp³-hybridized carbons (Fsp3) is 0.562. The first kappa shape index (κ1) is 17.6. The number of halogens is 2. The number of aliphatic hydroxyl groups excluding tert-OH is 1. The summed E-state index contributed by atoms with van der Waals surface area (Å²) in [5, 5.41) is 15.7. The van der Waals surface area contributed by atoms with Gasteiger partial charge in [-0.15, -0.1) is 0 Å². The lowest BCUT2D eigenvalue weighted by Crippen LogP contribution is -2.57. The highest BCUT2D eigenvalue weighted by Crippen LogP contribution is 2.19. The van der Waals surface area contributed by atoms with Crippen molar-refractivity contribution in [2.45, 2.75) is 37.8 Å². The fourth-order valence-corrected chi connectivity index (χ4v) is 2.47. The van der Waals surface area contributed by atoms with E-state index in [1.807, 2.05) is 6.92 Å². The Hall–Kier alpha value is -1.73. The average molecular weight is 328 g/mol. The van der Waals surface area contributed by atoms with Gasteiger partial charge in [-0.05, 0) is 44.9 Å². The van der Waals surface area contributed by atoms with Gasteiger partial charge < -0.3 is 20.5 Å². The quantitative estimate of drug-likeness (QED) is 0.737. The minimum absolute atomic E-state index is 0.0276. The molecule has 2 unspecified atom stereocenters. The van der Waals surface area contributed by atoms with Crippen molar-refractivity contribution in [2.75, 3.05) is 19.7 Å². The molecule has 5 nitrogen and oxygen atoms in total. The largest absolute Gasteiger partial charge is 0.491 e. The lowest BCUT2D eigenvalue weighted by molar-refractivity contribution is -0.128. The second-order valence-electron chi connectivity index (χ2n) is 5.97. The Balaban J connectivity index is 1.75. The third-order valence-corrected chi connectivity index (χ3v) is 3.95. The lowest BCUT2D eigenvalue weighted by atomic mass is 9.90. The Morgan fingerprint density at radius 2 is 2.22 bits per heavy atom. The number of hydrogen-bond donors (Lipinski definition) is 3. The molecule has 1 aliphatic heterocycles. The van der Waals surface area contributed by atoms with Crippen molar-refractivity contribution in [3.05, 3.63) is 29.8 Å². The summed E-state index contributed by atoms with van der Waals surface area (Å²) in [6.07, 6.45) is 1.84. The van der Waals surface area contributed by atoms with Crippen molar-refractivity contribution in [3.63, 3.8) is 0 Å². The predicted octanol–water partition coefficient (Wildman–Crippen LogP) is 1.35. The van der Waals surface area contributed by atoms with Crippen LogP contribution in [0.1, 0.15) is 26.2 Å². The van der Waals surface area contributed by atoms with Crippen LogP contribution in [0.3, 0.4) is 0 Å². The second kappa shape index (κ2) is 7.70. The summed E-state index contributed by atoms with van der Waals surface area (Å²) >= 11 is 0. The van der Waals surface area contributed by atoms with Crippen molar-refractivity contribution in [2.24, 2.45) is 0 Å². The molecule has 1 aromatic carbocycles. The molecule has 1 heterocycles. The number of benzene rings is 1. The molecule has 3 N–H and O–H groups in total. The van der Waals surface area contributed by atoms with Crippen molar-refractivity contribution in [1.82, 2.24) is 10.6 Å². The zero-order valence-corrected chi connectivity index (χ0v) is 13.1. The summed E-state index contributed by atoms with van der Waals surface area (Å²) in [7, 11) is 0. The van der Waals surface area contributed by atoms with Crippen molar-refractivity contribution in [1.29, 1.82) is 0 Å². The van der Waals surface area contributed by atoms with Gasteiger partial charge in [0.15, 0.2) is 11.6 Å². The molecule has 2 atom stereocenters. The maximum atomic E-state index is 13.0. The monoisotopic (exact) mass is 328 g/mol. The number of aliphatic hydroxyl groups is 1. The van der Waals surface area contributed by atoms with Crippen LogP contribution in [-0.2, 0) is 4.79 Å². The highest BCUT2D eigenvalue weighted by Gasteiger charge is 2.34. The van der Waals surface area contributed by atoms with Crippen LogP contribution in [0.25, 0.3) is 0 Å². The molecule has 0 bridgehead atoms. The molecule has 7 heteroatoms. The molecule has 23 heavy (non-hydrogen) atoms. The van der Waals surface area contributed by atoms with Crippen molar-refractivity contribution in [3.8, 4) is 5.75 Å². The standard InChI is InChI=1S/C16H22F2N2O3/c1-16(6-2-3-7-20-16)15(22)19-9-11(21)10-23-12-4-5-13(17)14(18)8-12/h4-5,8,11,20-21H,2-3,6-7,9-10H2,1H3,(H,19,22). The summed E-state index contributed by atoms with van der Waals surface area (Å²) in [5.41, 5.74) is -0.612. The predicted molar refractivity (Wildman–Crippen MR) is 81.1 cm³/mol. The van der Waals surface area contributed by atoms with Crippen LogP contribution < -0.4 is 15.4 Å². The summed E-state index contributed by atoms with van der Waals surface area (Å²) in [6, 6.07) is 3.14. The van der Waals surface area contributed by atoms with E-state index >= 15 is 0 Å². The number of amides is 1. The summed E-state index contributed by atoms with van der Waals surface area (Å²) in [5.74, 6) is -2.01. The van der Waals surface area contributed by atoms with Gasteiger partial charge in [0.25, 0.3) is 0 Å². The summed E-state index contributed by atoms with van der Waals surface area (Å²) in [6.45, 7) is 2.53. The fourth-order valence-electron chi connectivity index (χ4n) is 2.47. The first-order valence-electron chi connectivity index (χ1n) is 7.70. The molecular formula is C16H22F2N2O3. The van der Waals surface area contributed by atoms with Gasteiger partial charge in [-0.3, -0.25) is 4.79 Å². The highest BCUT2D eigenvalue weighted by molar-refractivity contribution is 5.85. The number of carbonyl (C=O) groups is 1. The van der Waals surface area contributed by atoms with Gasteiger partial charge in [0.2, 0.25) is 5.91 Å². The number of piperidine rings is 1. The molecule has 1 fully saturated rings. The number of ether oxygens (including phenoxy) is 1. The maximum absolute atomic E-state index is 13.0. The Bertz CT molecular complexity index is 548. The van der Waals surface area contributed by atoms with Gasteiger partial charge >= 0.3 is 0 Å². The second-order valence-corrected chi connectivity index (χ2v) is 5.97. The van der Waals surface area contributed by atoms with E-state index in [4.69, 9.17) is 4.74 Å². The van der Waals surface area contributed by atoms with Crippen LogP contribution in [0.5, 0.6) is 5.75 Å². The lowest BCUT2D eigenvalue weighted by Gasteiger charge is -2.33. The van der Waals surface area contributed by atoms with Gasteiger partial charge in [0.1, 0.15) is 18.5 Å². The summed E-state index contributed by atoms with van der Waals surface area (Å²) in [4.78, 5) is 12.2. The molecule has 1 aromatic rings. The van der Waals surface area contributed by atoms with Crippen LogP contribution in [0.15, 0.2) is 18.2 Å². The molecule has 0 aromatic heterocycles. The molecule has 0 spiro atoms. The molecule has 128 valence electrons. The Kier molecular flexibility index (Phi) is 5.90. The first-order valence-corrected chi connectivity index (χ1v) is 7.70. The number of nitrogens with one attached hydrogen (secondary N) is 2. The van der Waals surface area contributed by atoms with E-state index in [1.54, 1.807) is 0 Å². The topological polar surface area (TPSA) is 70.6 Å². The molecule has 0 aliphatic carbocycles. The van der Waals surface area contributed by atoms with Gasteiger partial charge in [0.05, 0.1) is 5.54 Å². The molecule has 0 saturated carbocycles. The smallest absolute Gasteiger partial charge is 0.240 e. The van der Waals surface area contributed by atoms with Crippen molar-refractivity contribution < 1.29 is 23.4 Å². The van der Waals surface area contributed by atoms with Crippen LogP contribution in [0.4, 0.5) is 8.78 Å². The van der Waals surface area contributed by atoms with Crippen LogP contribution in [0, 0.1) is 11.6 Å². The summed E-state index contributed by atoms with van der Waals surface area (Å²) < 4.78 is 31.0.